The first-order chi connectivity index (χ1) is 16.7. The average Bonchev–Trinajstić information content (AvgIpc) is 3.18. The van der Waals surface area contributed by atoms with Crippen molar-refractivity contribution in [3.63, 3.8) is 0 Å². The number of aryl methyl sites for hydroxylation is 1. The molecule has 1 unspecified atom stereocenters. The van der Waals surface area contributed by atoms with Crippen LogP contribution in [0.5, 0.6) is 0 Å². The lowest BCUT2D eigenvalue weighted by atomic mass is 9.96. The molecule has 0 N–H and O–H groups in total. The van der Waals surface area contributed by atoms with Gasteiger partial charge in [-0.2, -0.15) is 0 Å². The van der Waals surface area contributed by atoms with Gasteiger partial charge in [-0.3, -0.25) is 0 Å². The fraction of sp³-hybridized carbons (Fsp3) is 0.531. The predicted octanol–water partition coefficient (Wildman–Crippen LogP) is 8.26. The average molecular weight is 460 g/mol. The van der Waals surface area contributed by atoms with Gasteiger partial charge in [-0.15, -0.1) is 0 Å². The highest BCUT2D eigenvalue weighted by molar-refractivity contribution is 5.21. The maximum atomic E-state index is 2.69. The zero-order chi connectivity index (χ0) is 24.0. The van der Waals surface area contributed by atoms with Crippen LogP contribution in [0.15, 0.2) is 66.9 Å². The van der Waals surface area contributed by atoms with E-state index in [1.165, 1.54) is 80.4 Å². The monoisotopic (exact) mass is 459 g/mol. The zero-order valence-electron chi connectivity index (χ0n) is 22.0. The number of imidazole rings is 1. The number of hydrogen-bond donors (Lipinski definition) is 0. The third-order valence-electron chi connectivity index (χ3n) is 7.12. The molecule has 184 valence electrons. The summed E-state index contributed by atoms with van der Waals surface area (Å²) in [5, 5.41) is 0. The molecule has 0 fully saturated rings. The molecule has 2 heteroatoms. The summed E-state index contributed by atoms with van der Waals surface area (Å²) in [6, 6.07) is 22.1. The Hall–Kier alpha value is -2.35. The summed E-state index contributed by atoms with van der Waals surface area (Å²) in [5.41, 5.74) is 4.36. The number of hydrogen-bond acceptors (Lipinski definition) is 0. The maximum Gasteiger partial charge on any atom is 0.261 e. The number of benzene rings is 2. The first kappa shape index (κ1) is 26.3. The van der Waals surface area contributed by atoms with Crippen LogP contribution in [0.1, 0.15) is 107 Å². The van der Waals surface area contributed by atoms with E-state index in [-0.39, 0.29) is 0 Å². The normalized spacial score (nSPS) is 12.2. The van der Waals surface area contributed by atoms with Gasteiger partial charge in [0, 0.05) is 6.42 Å². The van der Waals surface area contributed by atoms with E-state index >= 15 is 0 Å². The van der Waals surface area contributed by atoms with Gasteiger partial charge in [0.2, 0.25) is 0 Å². The van der Waals surface area contributed by atoms with Gasteiger partial charge in [0.05, 0.1) is 19.5 Å². The van der Waals surface area contributed by atoms with Crippen molar-refractivity contribution in [1.82, 2.24) is 4.57 Å². The quantitative estimate of drug-likeness (QED) is 0.151. The van der Waals surface area contributed by atoms with Crippen LogP contribution in [-0.2, 0) is 25.9 Å². The Kier molecular flexibility index (Phi) is 11.4. The van der Waals surface area contributed by atoms with Gasteiger partial charge in [-0.05, 0) is 42.7 Å². The van der Waals surface area contributed by atoms with Crippen molar-refractivity contribution in [1.29, 1.82) is 0 Å². The predicted molar refractivity (Wildman–Crippen MR) is 145 cm³/mol. The van der Waals surface area contributed by atoms with Crippen LogP contribution in [0.2, 0.25) is 0 Å². The van der Waals surface area contributed by atoms with Crippen molar-refractivity contribution >= 4 is 0 Å². The van der Waals surface area contributed by atoms with E-state index in [4.69, 9.17) is 0 Å². The lowest BCUT2D eigenvalue weighted by Crippen LogP contribution is -2.41. The maximum absolute atomic E-state index is 2.69. The molecule has 1 heterocycles. The molecule has 0 radical (unpaired) electrons. The van der Waals surface area contributed by atoms with Crippen molar-refractivity contribution in [2.45, 2.75) is 110 Å². The summed E-state index contributed by atoms with van der Waals surface area (Å²) < 4.78 is 5.29. The molecule has 34 heavy (non-hydrogen) atoms. The summed E-state index contributed by atoms with van der Waals surface area (Å²) in [7, 11) is 0. The van der Waals surface area contributed by atoms with Gasteiger partial charge in [0.25, 0.3) is 5.82 Å². The standard InChI is InChI=1S/C32H47N2/c1-4-6-8-10-18-24-34-31(25-28(3)30-21-15-12-16-22-30)27-33(23-17-9-7-5-2)32(34)26-29-19-13-11-14-20-29/h11-16,19-22,27-28H,4-10,17-18,23-26H2,1-3H3/q+1. The van der Waals surface area contributed by atoms with Crippen LogP contribution < -0.4 is 4.57 Å². The SMILES string of the molecule is CCCCCCC[n+]1c(CC(C)c2ccccc2)cn(CCCCCC)c1Cc1ccccc1. The molecule has 3 rings (SSSR count). The van der Waals surface area contributed by atoms with Gasteiger partial charge >= 0.3 is 0 Å². The molecule has 0 saturated carbocycles. The van der Waals surface area contributed by atoms with E-state index in [0.717, 1.165) is 25.9 Å². The molecule has 1 aromatic heterocycles. The zero-order valence-corrected chi connectivity index (χ0v) is 22.0. The largest absolute Gasteiger partial charge is 0.261 e. The van der Waals surface area contributed by atoms with E-state index in [1.807, 2.05) is 0 Å². The van der Waals surface area contributed by atoms with Gasteiger partial charge in [-0.25, -0.2) is 9.13 Å². The number of rotatable bonds is 16. The van der Waals surface area contributed by atoms with Gasteiger partial charge in [-0.1, -0.05) is 114 Å². The Bertz CT molecular complexity index is 926. The minimum atomic E-state index is 0.521. The third kappa shape index (κ3) is 8.15. The van der Waals surface area contributed by atoms with E-state index < -0.39 is 0 Å². The topological polar surface area (TPSA) is 8.81 Å². The summed E-state index contributed by atoms with van der Waals surface area (Å²) in [6.45, 7) is 9.26. The van der Waals surface area contributed by atoms with Crippen molar-refractivity contribution in [3.05, 3.63) is 89.5 Å². The van der Waals surface area contributed by atoms with Gasteiger partial charge in [0.1, 0.15) is 11.9 Å². The smallest absolute Gasteiger partial charge is 0.234 e. The molecule has 0 amide bonds. The molecule has 0 spiro atoms. The molecule has 0 aliphatic rings. The van der Waals surface area contributed by atoms with Crippen LogP contribution in [0.4, 0.5) is 0 Å². The minimum Gasteiger partial charge on any atom is -0.234 e. The summed E-state index contributed by atoms with van der Waals surface area (Å²) in [6.07, 6.45) is 16.5. The van der Waals surface area contributed by atoms with Gasteiger partial charge in [0.15, 0.2) is 0 Å². The molecule has 1 atom stereocenters. The first-order valence-corrected chi connectivity index (χ1v) is 13.9. The van der Waals surface area contributed by atoms with Crippen LogP contribution in [0.3, 0.4) is 0 Å². The second kappa shape index (κ2) is 14.8. The van der Waals surface area contributed by atoms with E-state index in [9.17, 15) is 0 Å². The summed E-state index contributed by atoms with van der Waals surface area (Å²) in [4.78, 5) is 0. The Morgan fingerprint density at radius 2 is 1.35 bits per heavy atom. The van der Waals surface area contributed by atoms with Crippen molar-refractivity contribution in [2.24, 2.45) is 0 Å². The highest BCUT2D eigenvalue weighted by Crippen LogP contribution is 2.21. The van der Waals surface area contributed by atoms with Crippen molar-refractivity contribution in [3.8, 4) is 0 Å². The number of aromatic nitrogens is 2. The van der Waals surface area contributed by atoms with Crippen LogP contribution in [-0.4, -0.2) is 4.57 Å². The highest BCUT2D eigenvalue weighted by atomic mass is 15.2. The molecule has 2 nitrogen and oxygen atoms in total. The molecular weight excluding hydrogens is 412 g/mol. The van der Waals surface area contributed by atoms with Crippen molar-refractivity contribution < 1.29 is 4.57 Å². The molecule has 2 aromatic carbocycles. The molecule has 0 saturated heterocycles. The lowest BCUT2D eigenvalue weighted by Gasteiger charge is -2.12. The molecule has 0 bridgehead atoms. The second-order valence-corrected chi connectivity index (χ2v) is 10.0. The van der Waals surface area contributed by atoms with Crippen molar-refractivity contribution in [2.75, 3.05) is 0 Å². The number of unbranched alkanes of at least 4 members (excludes halogenated alkanes) is 7. The summed E-state index contributed by atoms with van der Waals surface area (Å²) in [5.74, 6) is 2.02. The minimum absolute atomic E-state index is 0.521. The number of nitrogens with zero attached hydrogens (tertiary/aromatic N) is 2. The van der Waals surface area contributed by atoms with E-state index in [0.29, 0.717) is 5.92 Å². The highest BCUT2D eigenvalue weighted by Gasteiger charge is 2.25. The molecule has 3 aromatic rings. The van der Waals surface area contributed by atoms with Gasteiger partial charge < -0.3 is 0 Å². The molecular formula is C32H47N2+. The Labute approximate surface area is 209 Å². The molecule has 0 aliphatic carbocycles. The van der Waals surface area contributed by atoms with Crippen LogP contribution in [0.25, 0.3) is 0 Å². The second-order valence-electron chi connectivity index (χ2n) is 10.0. The van der Waals surface area contributed by atoms with E-state index in [1.54, 1.807) is 0 Å². The van der Waals surface area contributed by atoms with Crippen LogP contribution >= 0.6 is 0 Å². The molecule has 0 aliphatic heterocycles. The first-order valence-electron chi connectivity index (χ1n) is 13.9. The fourth-order valence-electron chi connectivity index (χ4n) is 5.05. The Morgan fingerprint density at radius 1 is 0.735 bits per heavy atom. The summed E-state index contributed by atoms with van der Waals surface area (Å²) >= 11 is 0. The fourth-order valence-corrected chi connectivity index (χ4v) is 5.05. The van der Waals surface area contributed by atoms with Crippen LogP contribution in [0, 0.1) is 0 Å². The van der Waals surface area contributed by atoms with E-state index in [2.05, 4.69) is 96.8 Å². The Balaban J connectivity index is 1.88. The third-order valence-corrected chi connectivity index (χ3v) is 7.12. The Morgan fingerprint density at radius 3 is 2.03 bits per heavy atom. The lowest BCUT2D eigenvalue weighted by molar-refractivity contribution is -0.710.